The first-order valence-corrected chi connectivity index (χ1v) is 6.72. The van der Waals surface area contributed by atoms with Crippen LogP contribution in [0.1, 0.15) is 11.1 Å². The summed E-state index contributed by atoms with van der Waals surface area (Å²) in [6.07, 6.45) is 0.809. The Morgan fingerprint density at radius 1 is 1.19 bits per heavy atom. The van der Waals surface area contributed by atoms with Crippen LogP contribution in [0.5, 0.6) is 5.75 Å². The largest absolute Gasteiger partial charge is 0.497 e. The number of aryl methyl sites for hydroxylation is 1. The summed E-state index contributed by atoms with van der Waals surface area (Å²) in [6.45, 7) is 2.79. The van der Waals surface area contributed by atoms with Gasteiger partial charge in [0.15, 0.2) is 0 Å². The summed E-state index contributed by atoms with van der Waals surface area (Å²) in [5, 5.41) is 13.9. The predicted molar refractivity (Wildman–Crippen MR) is 83.0 cm³/mol. The summed E-state index contributed by atoms with van der Waals surface area (Å²) in [7, 11) is 1.65. The maximum Gasteiger partial charge on any atom is 0.269 e. The van der Waals surface area contributed by atoms with E-state index in [1.807, 2.05) is 25.1 Å². The molecule has 2 rings (SSSR count). The van der Waals surface area contributed by atoms with Crippen molar-refractivity contribution in [1.82, 2.24) is 0 Å². The lowest BCUT2D eigenvalue weighted by Crippen LogP contribution is -2.06. The molecule has 0 fully saturated rings. The van der Waals surface area contributed by atoms with Gasteiger partial charge in [0.05, 0.1) is 12.0 Å². The fraction of sp³-hybridized carbons (Fsp3) is 0.250. The van der Waals surface area contributed by atoms with Crippen molar-refractivity contribution < 1.29 is 9.66 Å². The molecule has 5 heteroatoms. The molecule has 0 aliphatic rings. The minimum absolute atomic E-state index is 0.123. The minimum atomic E-state index is -0.386. The van der Waals surface area contributed by atoms with Gasteiger partial charge in [-0.05, 0) is 42.7 Å². The van der Waals surface area contributed by atoms with Crippen molar-refractivity contribution in [2.24, 2.45) is 0 Å². The van der Waals surface area contributed by atoms with Crippen LogP contribution in [0.2, 0.25) is 0 Å². The molecule has 0 spiro atoms. The zero-order valence-electron chi connectivity index (χ0n) is 12.1. The van der Waals surface area contributed by atoms with Crippen LogP contribution < -0.4 is 10.1 Å². The molecule has 0 heterocycles. The van der Waals surface area contributed by atoms with Crippen LogP contribution in [0, 0.1) is 17.0 Å². The van der Waals surface area contributed by atoms with Gasteiger partial charge >= 0.3 is 0 Å². The third-order valence-electron chi connectivity index (χ3n) is 3.31. The number of hydrogen-bond donors (Lipinski definition) is 1. The van der Waals surface area contributed by atoms with Gasteiger partial charge in [0, 0.05) is 24.4 Å². The van der Waals surface area contributed by atoms with E-state index >= 15 is 0 Å². The van der Waals surface area contributed by atoms with E-state index in [2.05, 4.69) is 5.32 Å². The van der Waals surface area contributed by atoms with Crippen LogP contribution in [0.4, 0.5) is 11.4 Å². The number of non-ortho nitro benzene ring substituents is 1. The monoisotopic (exact) mass is 286 g/mol. The highest BCUT2D eigenvalue weighted by molar-refractivity contribution is 5.53. The molecule has 0 atom stereocenters. The molecule has 21 heavy (non-hydrogen) atoms. The Bertz CT molecular complexity index is 624. The lowest BCUT2D eigenvalue weighted by molar-refractivity contribution is -0.384. The molecular weight excluding hydrogens is 268 g/mol. The number of methoxy groups -OCH3 is 1. The molecule has 0 unspecified atom stereocenters. The summed E-state index contributed by atoms with van der Waals surface area (Å²) < 4.78 is 5.17. The smallest absolute Gasteiger partial charge is 0.269 e. The van der Waals surface area contributed by atoms with E-state index in [1.54, 1.807) is 19.2 Å². The normalized spacial score (nSPS) is 10.2. The van der Waals surface area contributed by atoms with Crippen LogP contribution in [-0.4, -0.2) is 18.6 Å². The van der Waals surface area contributed by atoms with E-state index in [0.29, 0.717) is 0 Å². The standard InChI is InChI=1S/C16H18N2O3/c1-12-11-15(21-2)7-8-16(12)17-10-9-13-3-5-14(6-4-13)18(19)20/h3-8,11,17H,9-10H2,1-2H3. The van der Waals surface area contributed by atoms with E-state index < -0.39 is 0 Å². The lowest BCUT2D eigenvalue weighted by atomic mass is 10.1. The van der Waals surface area contributed by atoms with Gasteiger partial charge in [-0.15, -0.1) is 0 Å². The summed E-state index contributed by atoms with van der Waals surface area (Å²) in [5.41, 5.74) is 3.38. The lowest BCUT2D eigenvalue weighted by Gasteiger charge is -2.11. The Morgan fingerprint density at radius 3 is 2.48 bits per heavy atom. The molecule has 0 aliphatic heterocycles. The molecule has 5 nitrogen and oxygen atoms in total. The Morgan fingerprint density at radius 2 is 1.90 bits per heavy atom. The van der Waals surface area contributed by atoms with Crippen molar-refractivity contribution in [1.29, 1.82) is 0 Å². The molecule has 1 N–H and O–H groups in total. The first kappa shape index (κ1) is 14.8. The number of nitro benzene ring substituents is 1. The topological polar surface area (TPSA) is 64.4 Å². The molecule has 0 saturated carbocycles. The van der Waals surface area contributed by atoms with Crippen molar-refractivity contribution in [3.8, 4) is 5.75 Å². The predicted octanol–water partition coefficient (Wildman–Crippen LogP) is 3.57. The summed E-state index contributed by atoms with van der Waals surface area (Å²) in [6, 6.07) is 12.5. The van der Waals surface area contributed by atoms with Gasteiger partial charge in [-0.2, -0.15) is 0 Å². The molecular formula is C16H18N2O3. The van der Waals surface area contributed by atoms with E-state index in [0.717, 1.165) is 35.5 Å². The van der Waals surface area contributed by atoms with Crippen molar-refractivity contribution in [3.05, 3.63) is 63.7 Å². The Balaban J connectivity index is 1.90. The van der Waals surface area contributed by atoms with Gasteiger partial charge in [0.25, 0.3) is 5.69 Å². The third kappa shape index (κ3) is 3.95. The fourth-order valence-corrected chi connectivity index (χ4v) is 2.09. The molecule has 0 aromatic heterocycles. The Labute approximate surface area is 123 Å². The number of nitro groups is 1. The second kappa shape index (κ2) is 6.74. The van der Waals surface area contributed by atoms with Gasteiger partial charge in [-0.1, -0.05) is 12.1 Å². The number of nitrogens with one attached hydrogen (secondary N) is 1. The second-order valence-electron chi connectivity index (χ2n) is 4.78. The van der Waals surface area contributed by atoms with Crippen molar-refractivity contribution in [2.45, 2.75) is 13.3 Å². The summed E-state index contributed by atoms with van der Waals surface area (Å²) >= 11 is 0. The van der Waals surface area contributed by atoms with E-state index in [-0.39, 0.29) is 10.6 Å². The molecule has 0 amide bonds. The van der Waals surface area contributed by atoms with E-state index in [9.17, 15) is 10.1 Å². The van der Waals surface area contributed by atoms with Crippen LogP contribution in [0.25, 0.3) is 0 Å². The van der Waals surface area contributed by atoms with Gasteiger partial charge < -0.3 is 10.1 Å². The Kier molecular flexibility index (Phi) is 4.77. The van der Waals surface area contributed by atoms with Gasteiger partial charge in [-0.3, -0.25) is 10.1 Å². The quantitative estimate of drug-likeness (QED) is 0.651. The maximum absolute atomic E-state index is 10.6. The number of hydrogen-bond acceptors (Lipinski definition) is 4. The van der Waals surface area contributed by atoms with E-state index in [1.165, 1.54) is 12.1 Å². The average molecular weight is 286 g/mol. The number of benzene rings is 2. The van der Waals surface area contributed by atoms with Crippen LogP contribution in [0.15, 0.2) is 42.5 Å². The van der Waals surface area contributed by atoms with Gasteiger partial charge in [0.2, 0.25) is 0 Å². The van der Waals surface area contributed by atoms with Crippen LogP contribution in [-0.2, 0) is 6.42 Å². The van der Waals surface area contributed by atoms with Gasteiger partial charge in [0.1, 0.15) is 5.75 Å². The number of ether oxygens (including phenoxy) is 1. The molecule has 0 aliphatic carbocycles. The fourth-order valence-electron chi connectivity index (χ4n) is 2.09. The number of anilines is 1. The maximum atomic E-state index is 10.6. The third-order valence-corrected chi connectivity index (χ3v) is 3.31. The SMILES string of the molecule is COc1ccc(NCCc2ccc([N+](=O)[O-])cc2)c(C)c1. The Hall–Kier alpha value is -2.56. The number of nitrogens with zero attached hydrogens (tertiary/aromatic N) is 1. The second-order valence-corrected chi connectivity index (χ2v) is 4.78. The van der Waals surface area contributed by atoms with Gasteiger partial charge in [-0.25, -0.2) is 0 Å². The zero-order chi connectivity index (χ0) is 15.2. The number of rotatable bonds is 6. The van der Waals surface area contributed by atoms with Crippen molar-refractivity contribution in [2.75, 3.05) is 19.0 Å². The first-order valence-electron chi connectivity index (χ1n) is 6.72. The molecule has 2 aromatic carbocycles. The van der Waals surface area contributed by atoms with Crippen molar-refractivity contribution in [3.63, 3.8) is 0 Å². The summed E-state index contributed by atoms with van der Waals surface area (Å²) in [5.74, 6) is 0.841. The molecule has 0 saturated heterocycles. The molecule has 2 aromatic rings. The van der Waals surface area contributed by atoms with Crippen molar-refractivity contribution >= 4 is 11.4 Å². The first-order chi connectivity index (χ1) is 10.1. The average Bonchev–Trinajstić information content (AvgIpc) is 2.49. The highest BCUT2D eigenvalue weighted by Crippen LogP contribution is 2.21. The highest BCUT2D eigenvalue weighted by Gasteiger charge is 2.04. The van der Waals surface area contributed by atoms with Crippen LogP contribution in [0.3, 0.4) is 0 Å². The highest BCUT2D eigenvalue weighted by atomic mass is 16.6. The molecule has 0 radical (unpaired) electrons. The molecule has 110 valence electrons. The van der Waals surface area contributed by atoms with Crippen LogP contribution >= 0.6 is 0 Å². The molecule has 0 bridgehead atoms. The minimum Gasteiger partial charge on any atom is -0.497 e. The zero-order valence-corrected chi connectivity index (χ0v) is 12.1. The van der Waals surface area contributed by atoms with E-state index in [4.69, 9.17) is 4.74 Å². The summed E-state index contributed by atoms with van der Waals surface area (Å²) in [4.78, 5) is 10.2.